The van der Waals surface area contributed by atoms with Crippen LogP contribution in [0.15, 0.2) is 0 Å². The van der Waals surface area contributed by atoms with E-state index in [9.17, 15) is 0 Å². The van der Waals surface area contributed by atoms with Crippen LogP contribution in [0.25, 0.3) is 0 Å². The Balaban J connectivity index is 1.98. The average Bonchev–Trinajstić information content (AvgIpc) is 2.37. The van der Waals surface area contributed by atoms with E-state index in [0.29, 0.717) is 5.54 Å². The molecule has 0 amide bonds. The Morgan fingerprint density at radius 2 is 1.53 bits per heavy atom. The Morgan fingerprint density at radius 1 is 0.895 bits per heavy atom. The van der Waals surface area contributed by atoms with Gasteiger partial charge >= 0.3 is 0 Å². The summed E-state index contributed by atoms with van der Waals surface area (Å²) < 4.78 is 5.67. The van der Waals surface area contributed by atoms with Crippen LogP contribution in [0, 0.1) is 0 Å². The molecule has 3 nitrogen and oxygen atoms in total. The predicted octanol–water partition coefficient (Wildman–Crippen LogP) is 3.00. The molecule has 1 fully saturated rings. The van der Waals surface area contributed by atoms with Crippen molar-refractivity contribution in [2.45, 2.75) is 58.9 Å². The van der Waals surface area contributed by atoms with Gasteiger partial charge in [0.05, 0.1) is 0 Å². The number of ether oxygens (including phenoxy) is 1. The summed E-state index contributed by atoms with van der Waals surface area (Å²) in [5.74, 6) is 0. The topological polar surface area (TPSA) is 15.7 Å². The van der Waals surface area contributed by atoms with Crippen molar-refractivity contribution in [2.24, 2.45) is 0 Å². The van der Waals surface area contributed by atoms with Crippen LogP contribution in [-0.2, 0) is 4.74 Å². The molecule has 0 spiro atoms. The van der Waals surface area contributed by atoms with Gasteiger partial charge < -0.3 is 9.64 Å². The van der Waals surface area contributed by atoms with E-state index in [2.05, 4.69) is 37.5 Å². The molecule has 0 atom stereocenters. The second-order valence-electron chi connectivity index (χ2n) is 6.67. The van der Waals surface area contributed by atoms with Gasteiger partial charge in [-0.05, 0) is 33.6 Å². The molecule has 0 N–H and O–H groups in total. The molecule has 1 aliphatic heterocycles. The number of hydrogen-bond acceptors (Lipinski definition) is 3. The molecule has 0 aromatic heterocycles. The maximum absolute atomic E-state index is 5.67. The summed E-state index contributed by atoms with van der Waals surface area (Å²) in [6.45, 7) is 17.1. The standard InChI is InChI=1S/C16H34N2O/c1-5-6-7-14-19-15-8-9-17-10-12-18(13-11-17)16(2,3)4/h5-15H2,1-4H3. The van der Waals surface area contributed by atoms with Crippen molar-refractivity contribution in [3.05, 3.63) is 0 Å². The van der Waals surface area contributed by atoms with Gasteiger partial charge in [0.15, 0.2) is 0 Å². The van der Waals surface area contributed by atoms with E-state index in [1.165, 1.54) is 58.4 Å². The van der Waals surface area contributed by atoms with Crippen LogP contribution in [0.5, 0.6) is 0 Å². The van der Waals surface area contributed by atoms with Gasteiger partial charge in [0.2, 0.25) is 0 Å². The van der Waals surface area contributed by atoms with Crippen LogP contribution < -0.4 is 0 Å². The number of piperazine rings is 1. The summed E-state index contributed by atoms with van der Waals surface area (Å²) >= 11 is 0. The second kappa shape index (κ2) is 8.93. The van der Waals surface area contributed by atoms with Gasteiger partial charge in [-0.3, -0.25) is 4.90 Å². The molecule has 0 radical (unpaired) electrons. The van der Waals surface area contributed by atoms with E-state index >= 15 is 0 Å². The van der Waals surface area contributed by atoms with Crippen molar-refractivity contribution in [1.82, 2.24) is 9.80 Å². The van der Waals surface area contributed by atoms with Crippen molar-refractivity contribution in [3.8, 4) is 0 Å². The van der Waals surface area contributed by atoms with Crippen LogP contribution in [0.2, 0.25) is 0 Å². The predicted molar refractivity (Wildman–Crippen MR) is 82.7 cm³/mol. The number of hydrogen-bond donors (Lipinski definition) is 0. The van der Waals surface area contributed by atoms with Crippen LogP contribution in [-0.4, -0.2) is 61.3 Å². The Labute approximate surface area is 120 Å². The van der Waals surface area contributed by atoms with Crippen LogP contribution in [0.1, 0.15) is 53.4 Å². The fourth-order valence-electron chi connectivity index (χ4n) is 2.59. The van der Waals surface area contributed by atoms with Gasteiger partial charge in [0.25, 0.3) is 0 Å². The first-order valence-corrected chi connectivity index (χ1v) is 8.09. The molecule has 1 rings (SSSR count). The summed E-state index contributed by atoms with van der Waals surface area (Å²) in [6.07, 6.45) is 4.98. The molecule has 0 aliphatic carbocycles. The molecule has 19 heavy (non-hydrogen) atoms. The summed E-state index contributed by atoms with van der Waals surface area (Å²) in [7, 11) is 0. The van der Waals surface area contributed by atoms with Crippen molar-refractivity contribution < 1.29 is 4.74 Å². The minimum absolute atomic E-state index is 0.328. The van der Waals surface area contributed by atoms with Crippen molar-refractivity contribution in [1.29, 1.82) is 0 Å². The smallest absolute Gasteiger partial charge is 0.0478 e. The third-order valence-corrected chi connectivity index (χ3v) is 3.98. The van der Waals surface area contributed by atoms with Crippen molar-refractivity contribution in [3.63, 3.8) is 0 Å². The lowest BCUT2D eigenvalue weighted by molar-refractivity contribution is 0.0546. The fraction of sp³-hybridized carbons (Fsp3) is 1.00. The zero-order chi connectivity index (χ0) is 14.1. The van der Waals surface area contributed by atoms with E-state index < -0.39 is 0 Å². The van der Waals surface area contributed by atoms with E-state index in [4.69, 9.17) is 4.74 Å². The molecule has 114 valence electrons. The van der Waals surface area contributed by atoms with E-state index in [0.717, 1.165) is 13.2 Å². The summed E-state index contributed by atoms with van der Waals surface area (Å²) in [5.41, 5.74) is 0.328. The van der Waals surface area contributed by atoms with Crippen molar-refractivity contribution >= 4 is 0 Å². The average molecular weight is 270 g/mol. The van der Waals surface area contributed by atoms with Crippen LogP contribution >= 0.6 is 0 Å². The molecule has 3 heteroatoms. The Bertz CT molecular complexity index is 217. The van der Waals surface area contributed by atoms with Gasteiger partial charge in [0, 0.05) is 51.5 Å². The fourth-order valence-corrected chi connectivity index (χ4v) is 2.59. The molecular weight excluding hydrogens is 236 g/mol. The molecular formula is C16H34N2O. The minimum Gasteiger partial charge on any atom is -0.381 e. The van der Waals surface area contributed by atoms with Crippen molar-refractivity contribution in [2.75, 3.05) is 45.9 Å². The largest absolute Gasteiger partial charge is 0.381 e. The monoisotopic (exact) mass is 270 g/mol. The molecule has 0 aromatic rings. The van der Waals surface area contributed by atoms with Gasteiger partial charge in [0.1, 0.15) is 0 Å². The van der Waals surface area contributed by atoms with E-state index in [1.54, 1.807) is 0 Å². The SMILES string of the molecule is CCCCCOCCCN1CCN(C(C)(C)C)CC1. The van der Waals surface area contributed by atoms with E-state index in [1.807, 2.05) is 0 Å². The lowest BCUT2D eigenvalue weighted by Crippen LogP contribution is -2.53. The molecule has 0 saturated carbocycles. The van der Waals surface area contributed by atoms with Gasteiger partial charge in [-0.25, -0.2) is 0 Å². The lowest BCUT2D eigenvalue weighted by Gasteiger charge is -2.42. The van der Waals surface area contributed by atoms with Gasteiger partial charge in [-0.15, -0.1) is 0 Å². The molecule has 0 bridgehead atoms. The molecule has 0 aromatic carbocycles. The third-order valence-electron chi connectivity index (χ3n) is 3.98. The Morgan fingerprint density at radius 3 is 2.11 bits per heavy atom. The third kappa shape index (κ3) is 7.28. The molecule has 0 unspecified atom stereocenters. The van der Waals surface area contributed by atoms with Gasteiger partial charge in [-0.2, -0.15) is 0 Å². The zero-order valence-electron chi connectivity index (χ0n) is 13.6. The quantitative estimate of drug-likeness (QED) is 0.631. The summed E-state index contributed by atoms with van der Waals surface area (Å²) in [4.78, 5) is 5.17. The minimum atomic E-state index is 0.328. The highest BCUT2D eigenvalue weighted by Crippen LogP contribution is 2.15. The zero-order valence-corrected chi connectivity index (χ0v) is 13.6. The number of unbranched alkanes of at least 4 members (excludes halogenated alkanes) is 2. The Hall–Kier alpha value is -0.120. The highest BCUT2D eigenvalue weighted by atomic mass is 16.5. The molecule has 1 aliphatic rings. The highest BCUT2D eigenvalue weighted by Gasteiger charge is 2.25. The summed E-state index contributed by atoms with van der Waals surface area (Å²) in [6, 6.07) is 0. The number of nitrogens with zero attached hydrogens (tertiary/aromatic N) is 2. The first-order chi connectivity index (χ1) is 9.04. The molecule has 1 saturated heterocycles. The maximum Gasteiger partial charge on any atom is 0.0478 e. The van der Waals surface area contributed by atoms with Gasteiger partial charge in [-0.1, -0.05) is 19.8 Å². The first-order valence-electron chi connectivity index (χ1n) is 8.09. The van der Waals surface area contributed by atoms with Crippen LogP contribution in [0.4, 0.5) is 0 Å². The first kappa shape index (κ1) is 16.9. The normalized spacial score (nSPS) is 18.9. The lowest BCUT2D eigenvalue weighted by atomic mass is 10.0. The summed E-state index contributed by atoms with van der Waals surface area (Å²) in [5, 5.41) is 0. The maximum atomic E-state index is 5.67. The second-order valence-corrected chi connectivity index (χ2v) is 6.67. The van der Waals surface area contributed by atoms with E-state index in [-0.39, 0.29) is 0 Å². The van der Waals surface area contributed by atoms with Crippen LogP contribution in [0.3, 0.4) is 0 Å². The molecule has 1 heterocycles. The highest BCUT2D eigenvalue weighted by molar-refractivity contribution is 4.81. The number of rotatable bonds is 8. The Kier molecular flexibility index (Phi) is 7.96.